The van der Waals surface area contributed by atoms with Gasteiger partial charge in [-0.15, -0.1) is 0 Å². The van der Waals surface area contributed by atoms with E-state index >= 15 is 0 Å². The molecule has 1 atom stereocenters. The number of aryl methyl sites for hydroxylation is 1. The highest BCUT2D eigenvalue weighted by atomic mass is 15.3. The Labute approximate surface area is 161 Å². The third kappa shape index (κ3) is 3.73. The zero-order valence-corrected chi connectivity index (χ0v) is 16.6. The monoisotopic (exact) mass is 357 g/mol. The van der Waals surface area contributed by atoms with Crippen molar-refractivity contribution in [3.63, 3.8) is 0 Å². The van der Waals surface area contributed by atoms with Crippen LogP contribution in [0, 0.1) is 12.3 Å². The molecular formula is C24H27N3. The van der Waals surface area contributed by atoms with Crippen molar-refractivity contribution in [2.45, 2.75) is 40.2 Å². The fourth-order valence-corrected chi connectivity index (χ4v) is 3.85. The molecule has 2 aromatic carbocycles. The van der Waals surface area contributed by atoms with Crippen LogP contribution < -0.4 is 4.90 Å². The van der Waals surface area contributed by atoms with Crippen molar-refractivity contribution >= 4 is 22.4 Å². The van der Waals surface area contributed by atoms with Crippen LogP contribution >= 0.6 is 0 Å². The summed E-state index contributed by atoms with van der Waals surface area (Å²) < 4.78 is 0. The Balaban J connectivity index is 1.81. The van der Waals surface area contributed by atoms with E-state index in [2.05, 4.69) is 86.1 Å². The van der Waals surface area contributed by atoms with Crippen LogP contribution in [0.15, 0.2) is 65.8 Å². The fraction of sp³-hybridized carbons (Fsp3) is 0.333. The molecule has 0 amide bonds. The first-order chi connectivity index (χ1) is 12.9. The number of hydrogen-bond donors (Lipinski definition) is 0. The Morgan fingerprint density at radius 2 is 1.74 bits per heavy atom. The van der Waals surface area contributed by atoms with Gasteiger partial charge in [-0.25, -0.2) is 0 Å². The largest absolute Gasteiger partial charge is 0.324 e. The van der Waals surface area contributed by atoms with E-state index in [0.717, 1.165) is 35.3 Å². The normalized spacial score (nSPS) is 17.4. The molecule has 1 aliphatic heterocycles. The minimum absolute atomic E-state index is 0.250. The number of pyridine rings is 1. The summed E-state index contributed by atoms with van der Waals surface area (Å²) in [6, 6.07) is 19.5. The molecule has 3 heteroatoms. The summed E-state index contributed by atoms with van der Waals surface area (Å²) in [5.41, 5.74) is 4.86. The number of fused-ring (bicyclic) bond motifs is 1. The Morgan fingerprint density at radius 3 is 2.48 bits per heavy atom. The molecule has 0 saturated carbocycles. The zero-order valence-electron chi connectivity index (χ0n) is 16.6. The summed E-state index contributed by atoms with van der Waals surface area (Å²) in [6.07, 6.45) is 2.93. The van der Waals surface area contributed by atoms with Gasteiger partial charge in [0.1, 0.15) is 5.84 Å². The molecule has 4 rings (SSSR count). The Kier molecular flexibility index (Phi) is 4.47. The number of anilines is 1. The molecule has 1 aliphatic rings. The van der Waals surface area contributed by atoms with Gasteiger partial charge in [0.05, 0.1) is 11.6 Å². The van der Waals surface area contributed by atoms with Gasteiger partial charge in [0.15, 0.2) is 0 Å². The number of aromatic nitrogens is 1. The maximum atomic E-state index is 5.18. The van der Waals surface area contributed by atoms with E-state index < -0.39 is 0 Å². The second-order valence-electron chi connectivity index (χ2n) is 8.70. The van der Waals surface area contributed by atoms with Crippen molar-refractivity contribution in [3.05, 3.63) is 71.9 Å². The van der Waals surface area contributed by atoms with Gasteiger partial charge in [0.25, 0.3) is 0 Å². The van der Waals surface area contributed by atoms with E-state index in [1.807, 2.05) is 12.3 Å². The van der Waals surface area contributed by atoms with Gasteiger partial charge in [-0.2, -0.15) is 0 Å². The lowest BCUT2D eigenvalue weighted by Gasteiger charge is -2.24. The predicted octanol–water partition coefficient (Wildman–Crippen LogP) is 5.61. The number of nitrogens with zero attached hydrogens (tertiary/aromatic N) is 3. The topological polar surface area (TPSA) is 28.5 Å². The maximum absolute atomic E-state index is 5.18. The SMILES string of the molecule is Cc1ccc(N2C[C@H](CC(C)(C)C)N=C2c2cccc3cccnc23)cc1. The molecule has 3 aromatic rings. The molecular weight excluding hydrogens is 330 g/mol. The van der Waals surface area contributed by atoms with Crippen LogP contribution in [0.2, 0.25) is 0 Å². The van der Waals surface area contributed by atoms with Gasteiger partial charge in [-0.3, -0.25) is 9.98 Å². The summed E-state index contributed by atoms with van der Waals surface area (Å²) in [5.74, 6) is 1.04. The van der Waals surface area contributed by atoms with Crippen LogP contribution in [-0.2, 0) is 0 Å². The molecule has 138 valence electrons. The summed E-state index contributed by atoms with van der Waals surface area (Å²) in [6.45, 7) is 9.90. The summed E-state index contributed by atoms with van der Waals surface area (Å²) in [4.78, 5) is 12.2. The average Bonchev–Trinajstić information content (AvgIpc) is 3.03. The molecule has 0 bridgehead atoms. The summed E-state index contributed by atoms with van der Waals surface area (Å²) >= 11 is 0. The first-order valence-corrected chi connectivity index (χ1v) is 9.67. The quantitative estimate of drug-likeness (QED) is 0.609. The fourth-order valence-electron chi connectivity index (χ4n) is 3.85. The van der Waals surface area contributed by atoms with E-state index in [-0.39, 0.29) is 5.41 Å². The van der Waals surface area contributed by atoms with Crippen LogP contribution in [-0.4, -0.2) is 23.4 Å². The molecule has 0 unspecified atom stereocenters. The minimum Gasteiger partial charge on any atom is -0.324 e. The van der Waals surface area contributed by atoms with Crippen LogP contribution in [0.5, 0.6) is 0 Å². The lowest BCUT2D eigenvalue weighted by Crippen LogP contribution is -2.31. The van der Waals surface area contributed by atoms with E-state index in [1.165, 1.54) is 11.3 Å². The van der Waals surface area contributed by atoms with Crippen LogP contribution in [0.25, 0.3) is 10.9 Å². The zero-order chi connectivity index (χ0) is 19.0. The number of hydrogen-bond acceptors (Lipinski definition) is 3. The van der Waals surface area contributed by atoms with Crippen LogP contribution in [0.4, 0.5) is 5.69 Å². The number of aliphatic imine (C=N–C) groups is 1. The van der Waals surface area contributed by atoms with Gasteiger partial charge in [0.2, 0.25) is 0 Å². The molecule has 0 N–H and O–H groups in total. The van der Waals surface area contributed by atoms with Crippen molar-refractivity contribution in [1.82, 2.24) is 4.98 Å². The lowest BCUT2D eigenvalue weighted by atomic mass is 9.88. The average molecular weight is 358 g/mol. The second-order valence-corrected chi connectivity index (χ2v) is 8.70. The minimum atomic E-state index is 0.250. The first kappa shape index (κ1) is 17.7. The smallest absolute Gasteiger partial charge is 0.138 e. The standard InChI is InChI=1S/C24H27N3/c1-17-10-12-20(13-11-17)27-16-19(15-24(2,3)4)26-23(27)21-9-5-7-18-8-6-14-25-22(18)21/h5-14,19H,15-16H2,1-4H3/t19-/m0/s1. The van der Waals surface area contributed by atoms with Crippen LogP contribution in [0.1, 0.15) is 38.3 Å². The predicted molar refractivity (Wildman–Crippen MR) is 115 cm³/mol. The molecule has 2 heterocycles. The number of benzene rings is 2. The molecule has 0 fully saturated rings. The van der Waals surface area contributed by atoms with Crippen molar-refractivity contribution in [1.29, 1.82) is 0 Å². The third-order valence-corrected chi connectivity index (χ3v) is 5.02. The van der Waals surface area contributed by atoms with Crippen molar-refractivity contribution < 1.29 is 0 Å². The number of rotatable bonds is 3. The van der Waals surface area contributed by atoms with Crippen LogP contribution in [0.3, 0.4) is 0 Å². The molecule has 0 spiro atoms. The highest BCUT2D eigenvalue weighted by Crippen LogP contribution is 2.31. The maximum Gasteiger partial charge on any atom is 0.138 e. The molecule has 0 aliphatic carbocycles. The van der Waals surface area contributed by atoms with Gasteiger partial charge in [-0.05, 0) is 43.0 Å². The molecule has 0 saturated heterocycles. The molecule has 3 nitrogen and oxygen atoms in total. The highest BCUT2D eigenvalue weighted by Gasteiger charge is 2.31. The number of amidine groups is 1. The Bertz CT molecular complexity index is 975. The molecule has 0 radical (unpaired) electrons. The Morgan fingerprint density at radius 1 is 1.00 bits per heavy atom. The highest BCUT2D eigenvalue weighted by molar-refractivity contribution is 6.17. The Hall–Kier alpha value is -2.68. The summed E-state index contributed by atoms with van der Waals surface area (Å²) in [7, 11) is 0. The van der Waals surface area contributed by atoms with E-state index in [0.29, 0.717) is 6.04 Å². The van der Waals surface area contributed by atoms with Crippen molar-refractivity contribution in [2.24, 2.45) is 10.4 Å². The van der Waals surface area contributed by atoms with Crippen molar-refractivity contribution in [3.8, 4) is 0 Å². The summed E-state index contributed by atoms with van der Waals surface area (Å²) in [5, 5.41) is 1.15. The second kappa shape index (κ2) is 6.80. The lowest BCUT2D eigenvalue weighted by molar-refractivity contribution is 0.348. The van der Waals surface area contributed by atoms with E-state index in [9.17, 15) is 0 Å². The van der Waals surface area contributed by atoms with Gasteiger partial charge < -0.3 is 4.90 Å². The first-order valence-electron chi connectivity index (χ1n) is 9.67. The number of para-hydroxylation sites is 1. The van der Waals surface area contributed by atoms with Gasteiger partial charge in [0, 0.05) is 29.4 Å². The van der Waals surface area contributed by atoms with Crippen molar-refractivity contribution in [2.75, 3.05) is 11.4 Å². The molecule has 27 heavy (non-hydrogen) atoms. The van der Waals surface area contributed by atoms with Gasteiger partial charge >= 0.3 is 0 Å². The van der Waals surface area contributed by atoms with E-state index in [4.69, 9.17) is 4.99 Å². The van der Waals surface area contributed by atoms with Gasteiger partial charge in [-0.1, -0.05) is 56.7 Å². The molecule has 1 aromatic heterocycles. The van der Waals surface area contributed by atoms with E-state index in [1.54, 1.807) is 0 Å². The third-order valence-electron chi connectivity index (χ3n) is 5.02.